The van der Waals surface area contributed by atoms with Crippen LogP contribution in [-0.4, -0.2) is 26.8 Å². The molecule has 1 aliphatic carbocycles. The molecule has 0 aromatic heterocycles. The van der Waals surface area contributed by atoms with E-state index in [9.17, 15) is 0 Å². The van der Waals surface area contributed by atoms with Crippen molar-refractivity contribution in [1.29, 1.82) is 0 Å². The first kappa shape index (κ1) is 16.0. The van der Waals surface area contributed by atoms with Crippen molar-refractivity contribution in [2.24, 2.45) is 17.8 Å². The quantitative estimate of drug-likeness (QED) is 0.525. The topological polar surface area (TPSA) is 21.3 Å². The van der Waals surface area contributed by atoms with Crippen LogP contribution in [-0.2, 0) is 4.74 Å². The molecule has 1 aliphatic rings. The van der Waals surface area contributed by atoms with Crippen molar-refractivity contribution in [3.8, 4) is 0 Å². The van der Waals surface area contributed by atoms with Crippen LogP contribution >= 0.6 is 0 Å². The molecule has 1 saturated carbocycles. The Hall–Kier alpha value is -0.0800. The lowest BCUT2D eigenvalue weighted by atomic mass is 9.81. The summed E-state index contributed by atoms with van der Waals surface area (Å²) in [5, 5.41) is 3.58. The van der Waals surface area contributed by atoms with Gasteiger partial charge < -0.3 is 10.1 Å². The predicted molar refractivity (Wildman–Crippen MR) is 78.9 cm³/mol. The maximum atomic E-state index is 5.11. The van der Waals surface area contributed by atoms with Crippen molar-refractivity contribution in [3.05, 3.63) is 0 Å². The maximum absolute atomic E-state index is 5.11. The Kier molecular flexibility index (Phi) is 8.70. The summed E-state index contributed by atoms with van der Waals surface area (Å²) in [5.41, 5.74) is 0. The first-order valence-electron chi connectivity index (χ1n) is 7.93. The highest BCUT2D eigenvalue weighted by Gasteiger charge is 2.23. The summed E-state index contributed by atoms with van der Waals surface area (Å²) < 4.78 is 5.11. The monoisotopic (exact) mass is 255 g/mol. The van der Waals surface area contributed by atoms with Gasteiger partial charge in [0.05, 0.1) is 6.61 Å². The largest absolute Gasteiger partial charge is 0.383 e. The first-order chi connectivity index (χ1) is 8.74. The van der Waals surface area contributed by atoms with Gasteiger partial charge in [0.25, 0.3) is 0 Å². The van der Waals surface area contributed by atoms with Gasteiger partial charge in [-0.2, -0.15) is 0 Å². The summed E-state index contributed by atoms with van der Waals surface area (Å²) in [7, 11) is 1.78. The van der Waals surface area contributed by atoms with E-state index in [1.54, 1.807) is 7.11 Å². The molecule has 0 amide bonds. The average Bonchev–Trinajstić information content (AvgIpc) is 2.61. The molecular formula is C16H33NO. The zero-order valence-corrected chi connectivity index (χ0v) is 12.7. The van der Waals surface area contributed by atoms with Gasteiger partial charge in [-0.1, -0.05) is 52.4 Å². The molecule has 108 valence electrons. The van der Waals surface area contributed by atoms with Crippen molar-refractivity contribution < 1.29 is 4.74 Å². The molecule has 1 rings (SSSR count). The molecule has 0 spiro atoms. The van der Waals surface area contributed by atoms with Gasteiger partial charge in [0, 0.05) is 13.7 Å². The Bertz CT molecular complexity index is 186. The van der Waals surface area contributed by atoms with Crippen LogP contribution in [0, 0.1) is 17.8 Å². The Labute approximate surface area is 114 Å². The minimum Gasteiger partial charge on any atom is -0.383 e. The Morgan fingerprint density at radius 2 is 1.78 bits per heavy atom. The van der Waals surface area contributed by atoms with E-state index >= 15 is 0 Å². The Morgan fingerprint density at radius 3 is 2.33 bits per heavy atom. The summed E-state index contributed by atoms with van der Waals surface area (Å²) in [6.45, 7) is 7.74. The van der Waals surface area contributed by atoms with E-state index in [1.807, 2.05) is 0 Å². The lowest BCUT2D eigenvalue weighted by Crippen LogP contribution is -2.31. The lowest BCUT2D eigenvalue weighted by molar-refractivity contribution is 0.190. The molecule has 0 radical (unpaired) electrons. The van der Waals surface area contributed by atoms with Gasteiger partial charge in [-0.15, -0.1) is 0 Å². The number of hydrogen-bond donors (Lipinski definition) is 1. The molecular weight excluding hydrogens is 222 g/mol. The maximum Gasteiger partial charge on any atom is 0.0587 e. The fourth-order valence-corrected chi connectivity index (χ4v) is 3.29. The Balaban J connectivity index is 2.37. The highest BCUT2D eigenvalue weighted by atomic mass is 16.5. The third-order valence-electron chi connectivity index (χ3n) is 4.23. The van der Waals surface area contributed by atoms with Gasteiger partial charge in [0.1, 0.15) is 0 Å². The van der Waals surface area contributed by atoms with Crippen LogP contribution in [0.1, 0.15) is 58.8 Å². The molecule has 1 fully saturated rings. The van der Waals surface area contributed by atoms with Gasteiger partial charge in [-0.25, -0.2) is 0 Å². The minimum absolute atomic E-state index is 0.822. The van der Waals surface area contributed by atoms with Crippen molar-refractivity contribution in [3.63, 3.8) is 0 Å². The van der Waals surface area contributed by atoms with Gasteiger partial charge in [0.15, 0.2) is 0 Å². The molecule has 0 aromatic carbocycles. The summed E-state index contributed by atoms with van der Waals surface area (Å²) >= 11 is 0. The molecule has 18 heavy (non-hydrogen) atoms. The molecule has 0 bridgehead atoms. The number of nitrogens with one attached hydrogen (secondary N) is 1. The highest BCUT2D eigenvalue weighted by molar-refractivity contribution is 4.76. The zero-order chi connectivity index (χ0) is 13.2. The standard InChI is InChI=1S/C16H33NO/c1-14(2)12-16(13-17-10-11-18-3)15-8-6-4-5-7-9-15/h14-17H,4-13H2,1-3H3. The zero-order valence-electron chi connectivity index (χ0n) is 12.7. The van der Waals surface area contributed by atoms with Gasteiger partial charge >= 0.3 is 0 Å². The van der Waals surface area contributed by atoms with Gasteiger partial charge in [-0.05, 0) is 30.7 Å². The normalized spacial score (nSPS) is 20.0. The summed E-state index contributed by atoms with van der Waals surface area (Å²) in [5.74, 6) is 2.66. The second kappa shape index (κ2) is 9.80. The van der Waals surface area contributed by atoms with Crippen molar-refractivity contribution >= 4 is 0 Å². The van der Waals surface area contributed by atoms with E-state index in [1.165, 1.54) is 51.5 Å². The molecule has 0 aliphatic heterocycles. The average molecular weight is 255 g/mol. The van der Waals surface area contributed by atoms with Gasteiger partial charge in [0.2, 0.25) is 0 Å². The second-order valence-corrected chi connectivity index (χ2v) is 6.34. The highest BCUT2D eigenvalue weighted by Crippen LogP contribution is 2.32. The smallest absolute Gasteiger partial charge is 0.0587 e. The lowest BCUT2D eigenvalue weighted by Gasteiger charge is -2.28. The van der Waals surface area contributed by atoms with Gasteiger partial charge in [-0.3, -0.25) is 0 Å². The van der Waals surface area contributed by atoms with Crippen LogP contribution in [0.5, 0.6) is 0 Å². The van der Waals surface area contributed by atoms with Crippen LogP contribution in [0.3, 0.4) is 0 Å². The predicted octanol–water partition coefficient (Wildman–Crippen LogP) is 3.86. The molecule has 0 heterocycles. The number of ether oxygens (including phenoxy) is 1. The third-order valence-corrected chi connectivity index (χ3v) is 4.23. The van der Waals surface area contributed by atoms with Crippen molar-refractivity contribution in [1.82, 2.24) is 5.32 Å². The Morgan fingerprint density at radius 1 is 1.11 bits per heavy atom. The first-order valence-corrected chi connectivity index (χ1v) is 7.93. The second-order valence-electron chi connectivity index (χ2n) is 6.34. The molecule has 1 atom stereocenters. The van der Waals surface area contributed by atoms with Crippen LogP contribution in [0.15, 0.2) is 0 Å². The summed E-state index contributed by atoms with van der Waals surface area (Å²) in [6, 6.07) is 0. The summed E-state index contributed by atoms with van der Waals surface area (Å²) in [4.78, 5) is 0. The van der Waals surface area contributed by atoms with E-state index < -0.39 is 0 Å². The SMILES string of the molecule is COCCNCC(CC(C)C)C1CCCCCC1. The third kappa shape index (κ3) is 6.75. The fourth-order valence-electron chi connectivity index (χ4n) is 3.29. The van der Waals surface area contributed by atoms with E-state index in [-0.39, 0.29) is 0 Å². The summed E-state index contributed by atoms with van der Waals surface area (Å²) in [6.07, 6.45) is 10.1. The van der Waals surface area contributed by atoms with E-state index in [2.05, 4.69) is 19.2 Å². The van der Waals surface area contributed by atoms with Crippen LogP contribution < -0.4 is 5.32 Å². The van der Waals surface area contributed by atoms with E-state index in [0.717, 1.165) is 30.9 Å². The molecule has 2 heteroatoms. The van der Waals surface area contributed by atoms with E-state index in [0.29, 0.717) is 0 Å². The molecule has 1 unspecified atom stereocenters. The van der Waals surface area contributed by atoms with Crippen LogP contribution in [0.4, 0.5) is 0 Å². The van der Waals surface area contributed by atoms with Crippen LogP contribution in [0.25, 0.3) is 0 Å². The van der Waals surface area contributed by atoms with Crippen molar-refractivity contribution in [2.75, 3.05) is 26.8 Å². The molecule has 0 aromatic rings. The minimum atomic E-state index is 0.822. The van der Waals surface area contributed by atoms with Crippen molar-refractivity contribution in [2.45, 2.75) is 58.8 Å². The molecule has 1 N–H and O–H groups in total. The molecule has 0 saturated heterocycles. The number of methoxy groups -OCH3 is 1. The molecule has 2 nitrogen and oxygen atoms in total. The fraction of sp³-hybridized carbons (Fsp3) is 1.00. The number of rotatable bonds is 8. The number of hydrogen-bond acceptors (Lipinski definition) is 2. The van der Waals surface area contributed by atoms with Crippen LogP contribution in [0.2, 0.25) is 0 Å². The van der Waals surface area contributed by atoms with E-state index in [4.69, 9.17) is 4.74 Å².